The van der Waals surface area contributed by atoms with Gasteiger partial charge in [-0.15, -0.1) is 6.58 Å². The molecule has 0 atom stereocenters. The minimum Gasteiger partial charge on any atom is -0.104 e. The third-order valence-electron chi connectivity index (χ3n) is 4.30. The molecule has 106 valence electrons. The highest BCUT2D eigenvalue weighted by molar-refractivity contribution is 6.87. The number of hydrogen-bond acceptors (Lipinski definition) is 0. The molecule has 0 fully saturated rings. The largest absolute Gasteiger partial charge is 0.236 e. The van der Waals surface area contributed by atoms with E-state index in [0.29, 0.717) is 0 Å². The van der Waals surface area contributed by atoms with Crippen LogP contribution in [0.15, 0.2) is 47.9 Å². The summed E-state index contributed by atoms with van der Waals surface area (Å²) >= 11 is 0. The summed E-state index contributed by atoms with van der Waals surface area (Å²) in [6.07, 6.45) is 2.98. The molecular weight excluding hydrogens is 239 g/mol. The minimum absolute atomic E-state index is 0.257. The molecule has 0 N–H and O–H groups in total. The predicted molar refractivity (Wildman–Crippen MR) is 94.0 cm³/mol. The van der Waals surface area contributed by atoms with Crippen molar-refractivity contribution in [3.8, 4) is 0 Å². The number of hydrogen-bond donors (Lipinski definition) is 0. The van der Waals surface area contributed by atoms with E-state index in [4.69, 9.17) is 0 Å². The second-order valence-corrected chi connectivity index (χ2v) is 5.84. The zero-order chi connectivity index (χ0) is 15.4. The fraction of sp³-hybridized carbons (Fsp3) is 0.368. The molecule has 20 heavy (non-hydrogen) atoms. The Hall–Kier alpha value is -1.50. The Morgan fingerprint density at radius 2 is 1.65 bits per heavy atom. The summed E-state index contributed by atoms with van der Waals surface area (Å²) in [6.45, 7) is 21.6. The van der Waals surface area contributed by atoms with Crippen LogP contribution in [0, 0.1) is 20.8 Å². The molecule has 0 bridgehead atoms. The van der Waals surface area contributed by atoms with Gasteiger partial charge >= 0.3 is 0 Å². The molecule has 0 spiro atoms. The first kappa shape index (κ1) is 16.6. The molecule has 1 heteroatoms. The van der Waals surface area contributed by atoms with E-state index in [-0.39, 0.29) is 6.71 Å². The number of rotatable bonds is 5. The highest BCUT2D eigenvalue weighted by Gasteiger charge is 2.25. The van der Waals surface area contributed by atoms with Crippen LogP contribution in [-0.4, -0.2) is 6.71 Å². The van der Waals surface area contributed by atoms with Crippen molar-refractivity contribution in [3.63, 3.8) is 0 Å². The monoisotopic (exact) mass is 266 g/mol. The van der Waals surface area contributed by atoms with Crippen LogP contribution in [0.25, 0.3) is 0 Å². The molecule has 1 aromatic carbocycles. The zero-order valence-corrected chi connectivity index (χ0v) is 13.9. The molecule has 0 unspecified atom stereocenters. The van der Waals surface area contributed by atoms with Crippen LogP contribution >= 0.6 is 0 Å². The van der Waals surface area contributed by atoms with E-state index in [2.05, 4.69) is 66.8 Å². The van der Waals surface area contributed by atoms with Crippen molar-refractivity contribution in [3.05, 3.63) is 64.6 Å². The van der Waals surface area contributed by atoms with Crippen molar-refractivity contribution in [2.75, 3.05) is 0 Å². The van der Waals surface area contributed by atoms with E-state index in [9.17, 15) is 0 Å². The first-order valence-electron chi connectivity index (χ1n) is 7.38. The van der Waals surface area contributed by atoms with E-state index in [1.54, 1.807) is 0 Å². The predicted octanol–water partition coefficient (Wildman–Crippen LogP) is 4.88. The first-order valence-corrected chi connectivity index (χ1v) is 7.38. The van der Waals surface area contributed by atoms with Gasteiger partial charge in [0.05, 0.1) is 0 Å². The van der Waals surface area contributed by atoms with Crippen LogP contribution < -0.4 is 5.46 Å². The van der Waals surface area contributed by atoms with Crippen molar-refractivity contribution in [2.45, 2.75) is 48.0 Å². The second-order valence-electron chi connectivity index (χ2n) is 5.84. The zero-order valence-electron chi connectivity index (χ0n) is 13.9. The van der Waals surface area contributed by atoms with Crippen molar-refractivity contribution < 1.29 is 0 Å². The third-order valence-corrected chi connectivity index (χ3v) is 4.30. The fourth-order valence-corrected chi connectivity index (χ4v) is 2.97. The summed E-state index contributed by atoms with van der Waals surface area (Å²) < 4.78 is 0. The van der Waals surface area contributed by atoms with Crippen molar-refractivity contribution in [1.29, 1.82) is 0 Å². The smallest absolute Gasteiger partial charge is 0.104 e. The molecule has 0 aliphatic heterocycles. The molecule has 0 heterocycles. The first-order chi connectivity index (χ1) is 9.33. The van der Waals surface area contributed by atoms with E-state index in [1.165, 1.54) is 33.2 Å². The Bertz CT molecular complexity index is 538. The third kappa shape index (κ3) is 3.33. The van der Waals surface area contributed by atoms with Gasteiger partial charge in [0.2, 0.25) is 6.71 Å². The van der Waals surface area contributed by atoms with Crippen molar-refractivity contribution >= 4 is 12.2 Å². The van der Waals surface area contributed by atoms with Gasteiger partial charge in [0.15, 0.2) is 0 Å². The highest BCUT2D eigenvalue weighted by Crippen LogP contribution is 2.20. The summed E-state index contributed by atoms with van der Waals surface area (Å²) in [5.74, 6) is 0. The second kappa shape index (κ2) is 6.79. The highest BCUT2D eigenvalue weighted by atomic mass is 14.1. The van der Waals surface area contributed by atoms with Gasteiger partial charge in [0, 0.05) is 0 Å². The quantitative estimate of drug-likeness (QED) is 0.526. The van der Waals surface area contributed by atoms with Gasteiger partial charge in [0.25, 0.3) is 0 Å². The summed E-state index contributed by atoms with van der Waals surface area (Å²) in [5.41, 5.74) is 9.35. The number of aryl methyl sites for hydroxylation is 3. The van der Waals surface area contributed by atoms with Gasteiger partial charge in [-0.1, -0.05) is 77.3 Å². The molecule has 1 rings (SSSR count). The lowest BCUT2D eigenvalue weighted by Gasteiger charge is -2.22. The van der Waals surface area contributed by atoms with Crippen molar-refractivity contribution in [1.82, 2.24) is 0 Å². The number of benzene rings is 1. The molecule has 0 saturated heterocycles. The van der Waals surface area contributed by atoms with E-state index >= 15 is 0 Å². The Balaban J connectivity index is 3.56. The Kier molecular flexibility index (Phi) is 5.62. The lowest BCUT2D eigenvalue weighted by atomic mass is 9.34. The van der Waals surface area contributed by atoms with E-state index in [0.717, 1.165) is 11.9 Å². The summed E-state index contributed by atoms with van der Waals surface area (Å²) in [4.78, 5) is 0. The van der Waals surface area contributed by atoms with Crippen molar-refractivity contribution in [2.24, 2.45) is 0 Å². The topological polar surface area (TPSA) is 0 Å². The molecule has 0 nitrogen and oxygen atoms in total. The molecule has 0 aliphatic carbocycles. The molecule has 0 aliphatic rings. The molecule has 0 saturated carbocycles. The van der Waals surface area contributed by atoms with Crippen LogP contribution in [-0.2, 0) is 0 Å². The summed E-state index contributed by atoms with van der Waals surface area (Å²) in [6, 6.07) is 4.53. The lowest BCUT2D eigenvalue weighted by Crippen LogP contribution is -2.38. The molecular formula is C19H27B. The molecule has 0 aromatic heterocycles. The Morgan fingerprint density at radius 1 is 1.15 bits per heavy atom. The maximum absolute atomic E-state index is 4.24. The number of allylic oxidation sites excluding steroid dienone is 4. The van der Waals surface area contributed by atoms with Gasteiger partial charge in [-0.05, 0) is 34.1 Å². The van der Waals surface area contributed by atoms with E-state index in [1.807, 2.05) is 6.08 Å². The van der Waals surface area contributed by atoms with Crippen LogP contribution in [0.2, 0.25) is 0 Å². The normalized spacial score (nSPS) is 11.9. The fourth-order valence-electron chi connectivity index (χ4n) is 2.97. The maximum atomic E-state index is 4.24. The Labute approximate surface area is 125 Å². The molecule has 1 aromatic rings. The van der Waals surface area contributed by atoms with Crippen LogP contribution in [0.5, 0.6) is 0 Å². The average molecular weight is 266 g/mol. The maximum Gasteiger partial charge on any atom is 0.236 e. The Morgan fingerprint density at radius 3 is 2.05 bits per heavy atom. The minimum atomic E-state index is 0.257. The van der Waals surface area contributed by atoms with Gasteiger partial charge in [-0.2, -0.15) is 0 Å². The van der Waals surface area contributed by atoms with Gasteiger partial charge in [-0.25, -0.2) is 0 Å². The van der Waals surface area contributed by atoms with E-state index < -0.39 is 0 Å². The summed E-state index contributed by atoms with van der Waals surface area (Å²) in [7, 11) is 0. The van der Waals surface area contributed by atoms with Crippen LogP contribution in [0.3, 0.4) is 0 Å². The van der Waals surface area contributed by atoms with Gasteiger partial charge in [-0.3, -0.25) is 0 Å². The summed E-state index contributed by atoms with van der Waals surface area (Å²) in [5, 5.41) is 0. The molecule has 0 radical (unpaired) electrons. The van der Waals surface area contributed by atoms with Gasteiger partial charge in [0.1, 0.15) is 0 Å². The molecule has 0 amide bonds. The SMILES string of the molecule is C=CC(=C)B(/C(C)=C(\C)CC)c1c(C)cc(C)cc1C. The lowest BCUT2D eigenvalue weighted by molar-refractivity contribution is 1.08. The standard InChI is InChI=1S/C19H27B/c1-9-14(4)18(8)20(17(7)10-2)19-15(5)11-13(3)12-16(19)6/h10-12H,2,7,9H2,1,3-6,8H3/b18-14+. The van der Waals surface area contributed by atoms with Crippen LogP contribution in [0.1, 0.15) is 43.9 Å². The average Bonchev–Trinajstić information content (AvgIpc) is 2.40. The van der Waals surface area contributed by atoms with Gasteiger partial charge < -0.3 is 0 Å². The van der Waals surface area contributed by atoms with Crippen LogP contribution in [0.4, 0.5) is 0 Å².